The Hall–Kier alpha value is -2.86. The van der Waals surface area contributed by atoms with E-state index in [-0.39, 0.29) is 5.97 Å². The van der Waals surface area contributed by atoms with E-state index in [1.165, 1.54) is 7.11 Å². The van der Waals surface area contributed by atoms with Gasteiger partial charge in [-0.25, -0.2) is 9.48 Å². The zero-order valence-electron chi connectivity index (χ0n) is 13.8. The summed E-state index contributed by atoms with van der Waals surface area (Å²) in [6, 6.07) is 12.4. The van der Waals surface area contributed by atoms with Gasteiger partial charge in [0.15, 0.2) is 0 Å². The lowest BCUT2D eigenvalue weighted by Gasteiger charge is -2.08. The molecule has 0 atom stereocenters. The molecular formula is C18H16ClN3O3. The van der Waals surface area contributed by atoms with Crippen molar-refractivity contribution in [3.05, 3.63) is 64.8 Å². The Morgan fingerprint density at radius 3 is 2.60 bits per heavy atom. The van der Waals surface area contributed by atoms with Gasteiger partial charge in [-0.05, 0) is 30.3 Å². The van der Waals surface area contributed by atoms with Crippen molar-refractivity contribution in [2.75, 3.05) is 14.2 Å². The van der Waals surface area contributed by atoms with Crippen molar-refractivity contribution >= 4 is 17.6 Å². The summed E-state index contributed by atoms with van der Waals surface area (Å²) in [6.07, 6.45) is 1.83. The lowest BCUT2D eigenvalue weighted by atomic mass is 10.1. The van der Waals surface area contributed by atoms with Gasteiger partial charge in [-0.3, -0.25) is 0 Å². The number of hydrogen-bond acceptors (Lipinski definition) is 5. The molecule has 0 spiro atoms. The van der Waals surface area contributed by atoms with Crippen molar-refractivity contribution in [2.45, 2.75) is 6.54 Å². The number of benzene rings is 2. The summed E-state index contributed by atoms with van der Waals surface area (Å²) in [5.74, 6) is 0.368. The molecule has 0 unspecified atom stereocenters. The van der Waals surface area contributed by atoms with Crippen LogP contribution in [-0.4, -0.2) is 35.2 Å². The molecule has 3 rings (SSSR count). The topological polar surface area (TPSA) is 66.2 Å². The van der Waals surface area contributed by atoms with E-state index in [1.807, 2.05) is 18.3 Å². The van der Waals surface area contributed by atoms with Crippen molar-refractivity contribution in [3.63, 3.8) is 0 Å². The fraction of sp³-hybridized carbons (Fsp3) is 0.167. The minimum absolute atomic E-state index is 0.372. The van der Waals surface area contributed by atoms with E-state index >= 15 is 0 Å². The van der Waals surface area contributed by atoms with Crippen LogP contribution in [0.4, 0.5) is 0 Å². The fourth-order valence-corrected chi connectivity index (χ4v) is 2.64. The van der Waals surface area contributed by atoms with E-state index in [9.17, 15) is 4.79 Å². The summed E-state index contributed by atoms with van der Waals surface area (Å²) in [4.78, 5) is 11.5. The largest absolute Gasteiger partial charge is 0.496 e. The van der Waals surface area contributed by atoms with E-state index in [2.05, 4.69) is 10.3 Å². The Bertz CT molecular complexity index is 891. The van der Waals surface area contributed by atoms with Gasteiger partial charge in [-0.15, -0.1) is 5.10 Å². The van der Waals surface area contributed by atoms with Gasteiger partial charge in [-0.1, -0.05) is 28.9 Å². The molecule has 0 aliphatic carbocycles. The molecule has 0 saturated heterocycles. The van der Waals surface area contributed by atoms with Gasteiger partial charge in [0.25, 0.3) is 0 Å². The quantitative estimate of drug-likeness (QED) is 0.655. The maximum absolute atomic E-state index is 11.5. The molecular weight excluding hydrogens is 341 g/mol. The standard InChI is InChI=1S/C18H16ClN3O3/c1-24-17-8-7-15(19)9-14(17)10-22-11-16(20-21-22)12-3-5-13(6-4-12)18(23)25-2/h3-9,11H,10H2,1-2H3/i1-1. The van der Waals surface area contributed by atoms with Crippen LogP contribution < -0.4 is 4.74 Å². The number of carbonyl (C=O) groups is 1. The lowest BCUT2D eigenvalue weighted by Crippen LogP contribution is -2.02. The fourth-order valence-electron chi connectivity index (χ4n) is 2.45. The van der Waals surface area contributed by atoms with Crippen molar-refractivity contribution in [1.29, 1.82) is 0 Å². The summed E-state index contributed by atoms with van der Waals surface area (Å²) in [7, 11) is 2.97. The highest BCUT2D eigenvalue weighted by Gasteiger charge is 2.10. The van der Waals surface area contributed by atoms with E-state index < -0.39 is 0 Å². The Labute approximate surface area is 149 Å². The van der Waals surface area contributed by atoms with Gasteiger partial charge >= 0.3 is 5.97 Å². The molecule has 3 aromatic rings. The molecule has 0 radical (unpaired) electrons. The molecule has 0 fully saturated rings. The molecule has 1 heterocycles. The second-order valence-electron chi connectivity index (χ2n) is 5.33. The molecule has 0 saturated carbocycles. The highest BCUT2D eigenvalue weighted by Crippen LogP contribution is 2.24. The molecule has 7 heteroatoms. The maximum atomic E-state index is 11.5. The molecule has 2 aromatic carbocycles. The first-order valence-corrected chi connectivity index (χ1v) is 7.90. The van der Waals surface area contributed by atoms with Crippen LogP contribution in [0.25, 0.3) is 11.3 Å². The molecule has 25 heavy (non-hydrogen) atoms. The van der Waals surface area contributed by atoms with Crippen LogP contribution in [-0.2, 0) is 11.3 Å². The number of halogens is 1. The van der Waals surface area contributed by atoms with Crippen LogP contribution in [0.1, 0.15) is 15.9 Å². The number of aromatic nitrogens is 3. The van der Waals surface area contributed by atoms with Gasteiger partial charge < -0.3 is 9.47 Å². The summed E-state index contributed by atoms with van der Waals surface area (Å²) in [5, 5.41) is 8.96. The van der Waals surface area contributed by atoms with Crippen LogP contribution in [0.5, 0.6) is 5.75 Å². The maximum Gasteiger partial charge on any atom is 0.337 e. The summed E-state index contributed by atoms with van der Waals surface area (Å²) in [6.45, 7) is 0.483. The monoisotopic (exact) mass is 356 g/mol. The van der Waals surface area contributed by atoms with Crippen molar-refractivity contribution in [3.8, 4) is 17.0 Å². The number of rotatable bonds is 5. The summed E-state index contributed by atoms with van der Waals surface area (Å²) in [5.41, 5.74) is 2.96. The third kappa shape index (κ3) is 3.80. The average molecular weight is 357 g/mol. The number of ether oxygens (including phenoxy) is 2. The number of esters is 1. The minimum atomic E-state index is -0.372. The Balaban J connectivity index is 1.81. The molecule has 6 nitrogen and oxygen atoms in total. The zero-order chi connectivity index (χ0) is 17.8. The first-order valence-electron chi connectivity index (χ1n) is 7.52. The predicted octanol–water partition coefficient (Wildman–Crippen LogP) is 3.44. The van der Waals surface area contributed by atoms with E-state index in [1.54, 1.807) is 42.1 Å². The smallest absolute Gasteiger partial charge is 0.337 e. The van der Waals surface area contributed by atoms with Gasteiger partial charge in [0.1, 0.15) is 11.4 Å². The second kappa shape index (κ2) is 7.36. The highest BCUT2D eigenvalue weighted by molar-refractivity contribution is 6.30. The predicted molar refractivity (Wildman–Crippen MR) is 93.9 cm³/mol. The van der Waals surface area contributed by atoms with E-state index in [0.717, 1.165) is 16.9 Å². The Morgan fingerprint density at radius 1 is 1.16 bits per heavy atom. The summed E-state index contributed by atoms with van der Waals surface area (Å²) >= 11 is 6.05. The summed E-state index contributed by atoms with van der Waals surface area (Å²) < 4.78 is 11.7. The number of hydrogen-bond donors (Lipinski definition) is 0. The van der Waals surface area contributed by atoms with Gasteiger partial charge in [0.2, 0.25) is 0 Å². The van der Waals surface area contributed by atoms with Gasteiger partial charge in [-0.2, -0.15) is 0 Å². The van der Waals surface area contributed by atoms with Crippen LogP contribution in [0.2, 0.25) is 5.02 Å². The molecule has 1 aromatic heterocycles. The minimum Gasteiger partial charge on any atom is -0.496 e. The third-order valence-corrected chi connectivity index (χ3v) is 3.95. The molecule has 128 valence electrons. The Morgan fingerprint density at radius 2 is 1.92 bits per heavy atom. The molecule has 0 amide bonds. The Kier molecular flexibility index (Phi) is 5.00. The molecule has 0 bridgehead atoms. The third-order valence-electron chi connectivity index (χ3n) is 3.72. The lowest BCUT2D eigenvalue weighted by molar-refractivity contribution is 0.0601. The van der Waals surface area contributed by atoms with Crippen molar-refractivity contribution in [1.82, 2.24) is 15.0 Å². The van der Waals surface area contributed by atoms with Crippen molar-refractivity contribution in [2.24, 2.45) is 0 Å². The van der Waals surface area contributed by atoms with E-state index in [0.29, 0.717) is 22.8 Å². The normalized spacial score (nSPS) is 10.5. The zero-order valence-corrected chi connectivity index (χ0v) is 14.5. The molecule has 0 aliphatic rings. The molecule has 0 aliphatic heterocycles. The van der Waals surface area contributed by atoms with Crippen LogP contribution in [0.15, 0.2) is 48.7 Å². The first-order chi connectivity index (χ1) is 12.1. The number of nitrogens with zero attached hydrogens (tertiary/aromatic N) is 3. The first kappa shape index (κ1) is 17.0. The van der Waals surface area contributed by atoms with Crippen LogP contribution in [0, 0.1) is 0 Å². The highest BCUT2D eigenvalue weighted by atomic mass is 35.5. The average Bonchev–Trinajstić information content (AvgIpc) is 3.10. The molecule has 0 N–H and O–H groups in total. The SMILES string of the molecule is COC(=O)c1ccc(-c2cn(Cc3cc(Cl)ccc3O[11CH3])nn2)cc1. The number of methoxy groups -OCH3 is 2. The second-order valence-corrected chi connectivity index (χ2v) is 5.76. The van der Waals surface area contributed by atoms with Crippen LogP contribution >= 0.6 is 11.6 Å². The number of carbonyl (C=O) groups excluding carboxylic acids is 1. The van der Waals surface area contributed by atoms with E-state index in [4.69, 9.17) is 21.1 Å². The van der Waals surface area contributed by atoms with Crippen molar-refractivity contribution < 1.29 is 14.3 Å². The van der Waals surface area contributed by atoms with Gasteiger partial charge in [0.05, 0.1) is 32.5 Å². The van der Waals surface area contributed by atoms with Gasteiger partial charge in [0, 0.05) is 16.1 Å². The van der Waals surface area contributed by atoms with Crippen LogP contribution in [0.3, 0.4) is 0 Å².